The van der Waals surface area contributed by atoms with E-state index in [4.69, 9.17) is 14.2 Å². The Morgan fingerprint density at radius 2 is 1.82 bits per heavy atom. The van der Waals surface area contributed by atoms with Crippen LogP contribution in [0.1, 0.15) is 43.8 Å². The van der Waals surface area contributed by atoms with Gasteiger partial charge in [-0.15, -0.1) is 0 Å². The van der Waals surface area contributed by atoms with Gasteiger partial charge in [-0.1, -0.05) is 19.3 Å². The molecule has 0 bridgehead atoms. The second-order valence-corrected chi connectivity index (χ2v) is 7.41. The maximum Gasteiger partial charge on any atom is 0.314 e. The van der Waals surface area contributed by atoms with Crippen molar-refractivity contribution in [3.05, 3.63) is 23.8 Å². The molecule has 1 heterocycles. The van der Waals surface area contributed by atoms with Crippen molar-refractivity contribution in [2.24, 2.45) is 5.92 Å². The summed E-state index contributed by atoms with van der Waals surface area (Å²) in [6.45, 7) is -0.528. The number of methoxy groups -OCH3 is 1. The van der Waals surface area contributed by atoms with Gasteiger partial charge in [0.05, 0.1) is 19.6 Å². The largest absolute Gasteiger partial charge is 0.496 e. The number of carbonyl (C=O) groups excluding carboxylic acids is 1. The van der Waals surface area contributed by atoms with Crippen LogP contribution in [-0.2, 0) is 9.53 Å². The Labute approximate surface area is 163 Å². The molecule has 28 heavy (non-hydrogen) atoms. The summed E-state index contributed by atoms with van der Waals surface area (Å²) in [5.74, 6) is 0.237. The Morgan fingerprint density at radius 3 is 2.46 bits per heavy atom. The van der Waals surface area contributed by atoms with Crippen molar-refractivity contribution in [1.82, 2.24) is 0 Å². The lowest BCUT2D eigenvalue weighted by molar-refractivity contribution is -0.232. The fourth-order valence-corrected chi connectivity index (χ4v) is 3.89. The molecule has 2 aliphatic rings. The van der Waals surface area contributed by atoms with Crippen molar-refractivity contribution >= 4 is 5.97 Å². The zero-order valence-electron chi connectivity index (χ0n) is 15.9. The highest BCUT2D eigenvalue weighted by atomic mass is 16.5. The van der Waals surface area contributed by atoms with Crippen LogP contribution >= 0.6 is 0 Å². The van der Waals surface area contributed by atoms with E-state index in [1.54, 1.807) is 12.1 Å². The first-order valence-corrected chi connectivity index (χ1v) is 9.66. The maximum atomic E-state index is 12.4. The minimum Gasteiger partial charge on any atom is -0.496 e. The van der Waals surface area contributed by atoms with E-state index in [-0.39, 0.29) is 17.6 Å². The molecule has 0 aromatic heterocycles. The normalized spacial score (nSPS) is 31.4. The highest BCUT2D eigenvalue weighted by Gasteiger charge is 2.45. The topological polar surface area (TPSA) is 126 Å². The molecule has 5 atom stereocenters. The summed E-state index contributed by atoms with van der Waals surface area (Å²) in [5, 5.41) is 39.8. The molecule has 0 amide bonds. The van der Waals surface area contributed by atoms with Gasteiger partial charge in [-0.05, 0) is 31.0 Å². The molecular formula is C20H28O8. The van der Waals surface area contributed by atoms with E-state index in [0.29, 0.717) is 11.3 Å². The molecule has 1 aliphatic carbocycles. The molecule has 1 aliphatic heterocycles. The second-order valence-electron chi connectivity index (χ2n) is 7.41. The van der Waals surface area contributed by atoms with Crippen LogP contribution in [0, 0.1) is 5.92 Å². The Balaban J connectivity index is 1.83. The summed E-state index contributed by atoms with van der Waals surface area (Å²) in [7, 11) is 1.44. The van der Waals surface area contributed by atoms with Gasteiger partial charge in [0.25, 0.3) is 0 Å². The standard InChI is InChI=1S/C20H28O8/c1-26-14-8-7-12(27-20(25)11-5-3-2-4-6-11)9-13(14)19-18(24)17(23)16(22)15(10-21)28-19/h7-9,11,15-19,21-24H,2-6,10H2,1H3/t15-,16+,17+,18-,19+/m1/s1. The summed E-state index contributed by atoms with van der Waals surface area (Å²) in [5.41, 5.74) is 0.355. The van der Waals surface area contributed by atoms with E-state index in [1.165, 1.54) is 13.2 Å². The number of esters is 1. The molecule has 1 aromatic rings. The van der Waals surface area contributed by atoms with Crippen LogP contribution in [-0.4, -0.2) is 64.5 Å². The second kappa shape index (κ2) is 9.19. The van der Waals surface area contributed by atoms with Crippen molar-refractivity contribution in [2.75, 3.05) is 13.7 Å². The number of ether oxygens (including phenoxy) is 3. The van der Waals surface area contributed by atoms with Crippen molar-refractivity contribution in [3.63, 3.8) is 0 Å². The molecule has 0 spiro atoms. The van der Waals surface area contributed by atoms with Gasteiger partial charge in [-0.3, -0.25) is 4.79 Å². The van der Waals surface area contributed by atoms with Gasteiger partial charge in [0.2, 0.25) is 0 Å². The molecule has 156 valence electrons. The van der Waals surface area contributed by atoms with E-state index < -0.39 is 37.1 Å². The monoisotopic (exact) mass is 396 g/mol. The zero-order valence-corrected chi connectivity index (χ0v) is 15.9. The lowest BCUT2D eigenvalue weighted by Gasteiger charge is -2.40. The summed E-state index contributed by atoms with van der Waals surface area (Å²) < 4.78 is 16.4. The van der Waals surface area contributed by atoms with Crippen LogP contribution in [0.15, 0.2) is 18.2 Å². The Morgan fingerprint density at radius 1 is 1.11 bits per heavy atom. The number of hydrogen-bond donors (Lipinski definition) is 4. The van der Waals surface area contributed by atoms with Crippen LogP contribution in [0.25, 0.3) is 0 Å². The predicted octanol–water partition coefficient (Wildman–Crippen LogP) is 0.696. The van der Waals surface area contributed by atoms with Crippen molar-refractivity contribution in [2.45, 2.75) is 62.6 Å². The Bertz CT molecular complexity index is 670. The average molecular weight is 396 g/mol. The number of benzene rings is 1. The van der Waals surface area contributed by atoms with Crippen LogP contribution in [0.5, 0.6) is 11.5 Å². The van der Waals surface area contributed by atoms with E-state index in [2.05, 4.69) is 0 Å². The fourth-order valence-electron chi connectivity index (χ4n) is 3.89. The lowest BCUT2D eigenvalue weighted by atomic mass is 9.89. The SMILES string of the molecule is COc1ccc(OC(=O)C2CCCCC2)cc1[C@@H]1O[C@H](CO)[C@H](O)[C@H](O)[C@H]1O. The quantitative estimate of drug-likeness (QED) is 0.423. The molecule has 2 fully saturated rings. The molecule has 3 rings (SSSR count). The van der Waals surface area contributed by atoms with E-state index >= 15 is 0 Å². The van der Waals surface area contributed by atoms with E-state index in [0.717, 1.165) is 32.1 Å². The third-order valence-electron chi connectivity index (χ3n) is 5.56. The van der Waals surface area contributed by atoms with Gasteiger partial charge in [-0.2, -0.15) is 0 Å². The third-order valence-corrected chi connectivity index (χ3v) is 5.56. The van der Waals surface area contributed by atoms with Gasteiger partial charge < -0.3 is 34.6 Å². The van der Waals surface area contributed by atoms with Crippen LogP contribution in [0.2, 0.25) is 0 Å². The average Bonchev–Trinajstić information content (AvgIpc) is 2.73. The summed E-state index contributed by atoms with van der Waals surface area (Å²) >= 11 is 0. The lowest BCUT2D eigenvalue weighted by Crippen LogP contribution is -2.55. The smallest absolute Gasteiger partial charge is 0.314 e. The maximum absolute atomic E-state index is 12.4. The van der Waals surface area contributed by atoms with Gasteiger partial charge in [0.15, 0.2) is 0 Å². The van der Waals surface area contributed by atoms with Gasteiger partial charge >= 0.3 is 5.97 Å². The van der Waals surface area contributed by atoms with Crippen LogP contribution < -0.4 is 9.47 Å². The number of aliphatic hydroxyl groups excluding tert-OH is 4. The predicted molar refractivity (Wildman–Crippen MR) is 97.9 cm³/mol. The summed E-state index contributed by atoms with van der Waals surface area (Å²) in [4.78, 5) is 12.4. The molecule has 0 unspecified atom stereocenters. The van der Waals surface area contributed by atoms with Gasteiger partial charge in [0, 0.05) is 5.56 Å². The first-order chi connectivity index (χ1) is 13.5. The fraction of sp³-hybridized carbons (Fsp3) is 0.650. The number of rotatable bonds is 5. The third kappa shape index (κ3) is 4.31. The van der Waals surface area contributed by atoms with Crippen LogP contribution in [0.3, 0.4) is 0 Å². The molecule has 0 radical (unpaired) electrons. The molecule has 8 heteroatoms. The van der Waals surface area contributed by atoms with Crippen molar-refractivity contribution in [3.8, 4) is 11.5 Å². The van der Waals surface area contributed by atoms with Crippen molar-refractivity contribution in [1.29, 1.82) is 0 Å². The first kappa shape index (κ1) is 21.0. The minimum absolute atomic E-state index is 0.119. The van der Waals surface area contributed by atoms with Crippen molar-refractivity contribution < 1.29 is 39.4 Å². The highest BCUT2D eigenvalue weighted by Crippen LogP contribution is 2.39. The first-order valence-electron chi connectivity index (χ1n) is 9.66. The molecule has 8 nitrogen and oxygen atoms in total. The van der Waals surface area contributed by atoms with Gasteiger partial charge in [-0.25, -0.2) is 0 Å². The molecule has 1 aromatic carbocycles. The van der Waals surface area contributed by atoms with Gasteiger partial charge in [0.1, 0.15) is 42.0 Å². The molecule has 4 N–H and O–H groups in total. The highest BCUT2D eigenvalue weighted by molar-refractivity contribution is 5.75. The summed E-state index contributed by atoms with van der Waals surface area (Å²) in [6, 6.07) is 4.69. The molecule has 1 saturated carbocycles. The Hall–Kier alpha value is -1.71. The van der Waals surface area contributed by atoms with E-state index in [9.17, 15) is 25.2 Å². The van der Waals surface area contributed by atoms with E-state index in [1.807, 2.05) is 0 Å². The molecule has 1 saturated heterocycles. The Kier molecular flexibility index (Phi) is 6.90. The minimum atomic E-state index is -1.51. The number of carbonyl (C=O) groups is 1. The number of hydrogen-bond acceptors (Lipinski definition) is 8. The number of aliphatic hydroxyl groups is 4. The summed E-state index contributed by atoms with van der Waals surface area (Å²) in [6.07, 6.45) is -1.73. The zero-order chi connectivity index (χ0) is 20.3. The van der Waals surface area contributed by atoms with Crippen LogP contribution in [0.4, 0.5) is 0 Å². The molecular weight excluding hydrogens is 368 g/mol.